The van der Waals surface area contributed by atoms with Gasteiger partial charge in [-0.3, -0.25) is 0 Å². The van der Waals surface area contributed by atoms with Crippen molar-refractivity contribution in [1.82, 2.24) is 0 Å². The highest BCUT2D eigenvalue weighted by molar-refractivity contribution is 5.72. The second-order valence-electron chi connectivity index (χ2n) is 9.12. The Labute approximate surface area is 193 Å². The quantitative estimate of drug-likeness (QED) is 0.403. The van der Waals surface area contributed by atoms with Crippen LogP contribution in [0.3, 0.4) is 0 Å². The average Bonchev–Trinajstić information content (AvgIpc) is 2.77. The maximum atomic E-state index is 14.2. The first-order chi connectivity index (χ1) is 15.7. The van der Waals surface area contributed by atoms with Gasteiger partial charge in [0.05, 0.1) is 0 Å². The Morgan fingerprint density at radius 2 is 1.36 bits per heavy atom. The van der Waals surface area contributed by atoms with Crippen molar-refractivity contribution in [2.45, 2.75) is 39.2 Å². The third kappa shape index (κ3) is 6.28. The van der Waals surface area contributed by atoms with Crippen LogP contribution in [-0.2, 0) is 4.74 Å². The molecule has 0 aliphatic carbocycles. The lowest BCUT2D eigenvalue weighted by Gasteiger charge is -2.37. The first kappa shape index (κ1) is 24.2. The van der Waals surface area contributed by atoms with Crippen LogP contribution >= 0.6 is 0 Å². The van der Waals surface area contributed by atoms with Gasteiger partial charge in [0, 0.05) is 17.9 Å². The summed E-state index contributed by atoms with van der Waals surface area (Å²) in [5.74, 6) is -0.343. The number of hydrogen-bond acceptors (Lipinski definition) is 2. The summed E-state index contributed by atoms with van der Waals surface area (Å²) in [5, 5.41) is 0. The van der Waals surface area contributed by atoms with Crippen LogP contribution in [0.2, 0.25) is 0 Å². The van der Waals surface area contributed by atoms with E-state index in [1.807, 2.05) is 93.6 Å². The number of ether oxygens (including phenoxy) is 1. The van der Waals surface area contributed by atoms with Gasteiger partial charge in [-0.25, -0.2) is 4.79 Å². The molecule has 2 atom stereocenters. The molecule has 3 aromatic carbocycles. The van der Waals surface area contributed by atoms with Crippen LogP contribution < -0.4 is 5.73 Å². The Morgan fingerprint density at radius 3 is 1.85 bits per heavy atom. The molecule has 0 saturated carbocycles. The third-order valence-electron chi connectivity index (χ3n) is 5.70. The van der Waals surface area contributed by atoms with Gasteiger partial charge < -0.3 is 10.5 Å². The number of hydrogen-bond donors (Lipinski definition) is 1. The fourth-order valence-corrected chi connectivity index (χ4v) is 4.31. The number of nitrogens with two attached hydrogens (primary N) is 1. The average molecular weight is 450 g/mol. The Hall–Kier alpha value is -3.47. The van der Waals surface area contributed by atoms with Crippen molar-refractivity contribution in [1.29, 1.82) is 0 Å². The van der Waals surface area contributed by atoms with E-state index in [4.69, 9.17) is 10.5 Å². The molecule has 0 aliphatic rings. The van der Waals surface area contributed by atoms with Gasteiger partial charge in [-0.2, -0.15) is 8.78 Å². The van der Waals surface area contributed by atoms with Crippen LogP contribution in [0.5, 0.6) is 0 Å². The molecule has 0 aromatic heterocycles. The van der Waals surface area contributed by atoms with Crippen LogP contribution in [0.4, 0.5) is 13.6 Å². The number of rotatable bonds is 7. The molecular formula is C28H29F2NO2. The summed E-state index contributed by atoms with van der Waals surface area (Å²) in [7, 11) is 0. The lowest BCUT2D eigenvalue weighted by atomic mass is 9.71. The zero-order chi connectivity index (χ0) is 24.0. The van der Waals surface area contributed by atoms with Gasteiger partial charge in [-0.15, -0.1) is 0 Å². The molecular weight excluding hydrogens is 420 g/mol. The Kier molecular flexibility index (Phi) is 7.64. The standard InChI is InChI=1S/C28H29F2NO2/c1-28(2,3)25(22-12-8-5-9-13-22)24(33-27(31)32)18-23(26(29)30)21-16-14-20(15-17-21)19-10-6-4-7-11-19/h4-17,24-25H,18H2,1-3H3,(H2,31,32)/t24?,25-/m1/s1. The number of amides is 1. The van der Waals surface area contributed by atoms with Crippen LogP contribution in [-0.4, -0.2) is 12.2 Å². The SMILES string of the molecule is CC(C)(C)[C@H](c1ccccc1)C(CC(=C(F)F)c1ccc(-c2ccccc2)cc1)OC(N)=O. The molecule has 0 saturated heterocycles. The zero-order valence-corrected chi connectivity index (χ0v) is 19.1. The number of carbonyl (C=O) groups excluding carboxylic acids is 1. The van der Waals surface area contributed by atoms with Crippen LogP contribution in [0, 0.1) is 5.41 Å². The highest BCUT2D eigenvalue weighted by Crippen LogP contribution is 2.43. The molecule has 2 N–H and O–H groups in total. The van der Waals surface area contributed by atoms with Crippen LogP contribution in [0.1, 0.15) is 44.2 Å². The van der Waals surface area contributed by atoms with E-state index in [1.165, 1.54) is 0 Å². The zero-order valence-electron chi connectivity index (χ0n) is 19.1. The second kappa shape index (κ2) is 10.4. The van der Waals surface area contributed by atoms with Crippen molar-refractivity contribution < 1.29 is 18.3 Å². The van der Waals surface area contributed by atoms with Crippen molar-refractivity contribution in [3.63, 3.8) is 0 Å². The molecule has 1 unspecified atom stereocenters. The van der Waals surface area contributed by atoms with Gasteiger partial charge in [-0.1, -0.05) is 106 Å². The molecule has 0 fully saturated rings. The fourth-order valence-electron chi connectivity index (χ4n) is 4.31. The molecule has 172 valence electrons. The number of halogens is 2. The maximum Gasteiger partial charge on any atom is 0.404 e. The van der Waals surface area contributed by atoms with Crippen LogP contribution in [0.15, 0.2) is 91.0 Å². The van der Waals surface area contributed by atoms with Gasteiger partial charge in [0.2, 0.25) is 0 Å². The second-order valence-corrected chi connectivity index (χ2v) is 9.12. The Balaban J connectivity index is 1.98. The van der Waals surface area contributed by atoms with Crippen molar-refractivity contribution in [3.05, 3.63) is 102 Å². The summed E-state index contributed by atoms with van der Waals surface area (Å²) >= 11 is 0. The minimum absolute atomic E-state index is 0.160. The summed E-state index contributed by atoms with van der Waals surface area (Å²) in [6, 6.07) is 26.2. The number of primary amides is 1. The molecule has 0 aliphatic heterocycles. The van der Waals surface area contributed by atoms with Crippen molar-refractivity contribution >= 4 is 11.7 Å². The Morgan fingerprint density at radius 1 is 0.848 bits per heavy atom. The summed E-state index contributed by atoms with van der Waals surface area (Å²) in [6.45, 7) is 5.98. The van der Waals surface area contributed by atoms with Gasteiger partial charge in [-0.05, 0) is 27.7 Å². The number of carbonyl (C=O) groups is 1. The van der Waals surface area contributed by atoms with Gasteiger partial charge in [0.25, 0.3) is 6.08 Å². The fraction of sp³-hybridized carbons (Fsp3) is 0.250. The molecule has 0 spiro atoms. The predicted octanol–water partition coefficient (Wildman–Crippen LogP) is 7.65. The lowest BCUT2D eigenvalue weighted by molar-refractivity contribution is 0.0612. The normalized spacial score (nSPS) is 13.1. The highest BCUT2D eigenvalue weighted by Gasteiger charge is 2.37. The molecule has 3 aromatic rings. The molecule has 1 amide bonds. The summed E-state index contributed by atoms with van der Waals surface area (Å²) in [5.41, 5.74) is 8.04. The van der Waals surface area contributed by atoms with Gasteiger partial charge in [0.1, 0.15) is 6.10 Å². The van der Waals surface area contributed by atoms with Crippen molar-refractivity contribution in [2.24, 2.45) is 11.1 Å². The van der Waals surface area contributed by atoms with Crippen molar-refractivity contribution in [2.75, 3.05) is 0 Å². The van der Waals surface area contributed by atoms with Crippen molar-refractivity contribution in [3.8, 4) is 11.1 Å². The summed E-state index contributed by atoms with van der Waals surface area (Å²) in [6.07, 6.45) is -3.81. The van der Waals surface area contributed by atoms with Gasteiger partial charge in [0.15, 0.2) is 0 Å². The Bertz CT molecular complexity index is 1080. The monoisotopic (exact) mass is 449 g/mol. The van der Waals surface area contributed by atoms with E-state index >= 15 is 0 Å². The summed E-state index contributed by atoms with van der Waals surface area (Å²) in [4.78, 5) is 11.8. The molecule has 0 bridgehead atoms. The van der Waals surface area contributed by atoms with Crippen LogP contribution in [0.25, 0.3) is 16.7 Å². The minimum Gasteiger partial charge on any atom is -0.445 e. The van der Waals surface area contributed by atoms with E-state index in [1.54, 1.807) is 12.1 Å². The maximum absolute atomic E-state index is 14.2. The number of benzene rings is 3. The van der Waals surface area contributed by atoms with E-state index in [2.05, 4.69) is 0 Å². The molecule has 0 heterocycles. The van der Waals surface area contributed by atoms with E-state index < -0.39 is 18.3 Å². The first-order valence-electron chi connectivity index (χ1n) is 10.9. The predicted molar refractivity (Wildman–Crippen MR) is 129 cm³/mol. The first-order valence-corrected chi connectivity index (χ1v) is 10.9. The molecule has 0 radical (unpaired) electrons. The smallest absolute Gasteiger partial charge is 0.404 e. The molecule has 3 rings (SSSR count). The van der Waals surface area contributed by atoms with E-state index in [-0.39, 0.29) is 23.3 Å². The molecule has 5 heteroatoms. The van der Waals surface area contributed by atoms with E-state index in [0.29, 0.717) is 5.56 Å². The molecule has 3 nitrogen and oxygen atoms in total. The van der Waals surface area contributed by atoms with Gasteiger partial charge >= 0.3 is 6.09 Å². The van der Waals surface area contributed by atoms with E-state index in [9.17, 15) is 13.6 Å². The lowest BCUT2D eigenvalue weighted by Crippen LogP contribution is -2.35. The molecule has 33 heavy (non-hydrogen) atoms. The minimum atomic E-state index is -1.80. The largest absolute Gasteiger partial charge is 0.445 e. The highest BCUT2D eigenvalue weighted by atomic mass is 19.3. The topological polar surface area (TPSA) is 52.3 Å². The summed E-state index contributed by atoms with van der Waals surface area (Å²) < 4.78 is 33.8. The third-order valence-corrected chi connectivity index (χ3v) is 5.70. The van der Waals surface area contributed by atoms with E-state index in [0.717, 1.165) is 16.7 Å².